The SMILES string of the molecule is Cc1cc(NC(=O)CCN(C)C)ccc1NC1CC(c2ccc(O)c(F)c2)NN1. The highest BCUT2D eigenvalue weighted by Gasteiger charge is 2.25. The van der Waals surface area contributed by atoms with Gasteiger partial charge in [-0.25, -0.2) is 15.2 Å². The number of hydrazine groups is 1. The van der Waals surface area contributed by atoms with Crippen molar-refractivity contribution in [2.24, 2.45) is 0 Å². The number of aromatic hydroxyl groups is 1. The van der Waals surface area contributed by atoms with Gasteiger partial charge in [-0.05, 0) is 62.5 Å². The summed E-state index contributed by atoms with van der Waals surface area (Å²) in [7, 11) is 3.87. The van der Waals surface area contributed by atoms with Crippen molar-refractivity contribution in [2.45, 2.75) is 32.0 Å². The van der Waals surface area contributed by atoms with E-state index >= 15 is 0 Å². The maximum Gasteiger partial charge on any atom is 0.225 e. The molecule has 1 fully saturated rings. The van der Waals surface area contributed by atoms with Gasteiger partial charge in [0.1, 0.15) is 0 Å². The first-order valence-corrected chi connectivity index (χ1v) is 9.63. The van der Waals surface area contributed by atoms with Crippen molar-refractivity contribution >= 4 is 17.3 Å². The number of halogens is 1. The molecule has 1 heterocycles. The summed E-state index contributed by atoms with van der Waals surface area (Å²) in [5.41, 5.74) is 9.82. The van der Waals surface area contributed by atoms with Gasteiger partial charge in [0.05, 0.1) is 6.17 Å². The highest BCUT2D eigenvalue weighted by molar-refractivity contribution is 5.91. The maximum absolute atomic E-state index is 13.6. The first-order valence-electron chi connectivity index (χ1n) is 9.63. The number of hydrogen-bond acceptors (Lipinski definition) is 6. The fourth-order valence-electron chi connectivity index (χ4n) is 3.25. The predicted octanol–water partition coefficient (Wildman–Crippen LogP) is 2.71. The van der Waals surface area contributed by atoms with Crippen molar-refractivity contribution in [3.8, 4) is 5.75 Å². The summed E-state index contributed by atoms with van der Waals surface area (Å²) in [5.74, 6) is -0.983. The van der Waals surface area contributed by atoms with Gasteiger partial charge in [-0.2, -0.15) is 0 Å². The highest BCUT2D eigenvalue weighted by atomic mass is 19.1. The number of carbonyl (C=O) groups excluding carboxylic acids is 1. The lowest BCUT2D eigenvalue weighted by molar-refractivity contribution is -0.116. The van der Waals surface area contributed by atoms with Gasteiger partial charge in [-0.15, -0.1) is 0 Å². The maximum atomic E-state index is 13.6. The number of anilines is 2. The van der Waals surface area contributed by atoms with E-state index in [4.69, 9.17) is 0 Å². The second-order valence-corrected chi connectivity index (χ2v) is 7.62. The van der Waals surface area contributed by atoms with E-state index in [9.17, 15) is 14.3 Å². The Morgan fingerprint density at radius 3 is 2.72 bits per heavy atom. The summed E-state index contributed by atoms with van der Waals surface area (Å²) in [4.78, 5) is 14.0. The molecule has 156 valence electrons. The smallest absolute Gasteiger partial charge is 0.225 e. The van der Waals surface area contributed by atoms with Gasteiger partial charge in [0.25, 0.3) is 0 Å². The van der Waals surface area contributed by atoms with Crippen molar-refractivity contribution in [1.29, 1.82) is 0 Å². The lowest BCUT2D eigenvalue weighted by Crippen LogP contribution is -2.36. The molecule has 8 heteroatoms. The molecule has 0 saturated carbocycles. The third kappa shape index (κ3) is 5.66. The quantitative estimate of drug-likeness (QED) is 0.490. The van der Waals surface area contributed by atoms with Crippen molar-refractivity contribution in [3.63, 3.8) is 0 Å². The van der Waals surface area contributed by atoms with Gasteiger partial charge in [0.2, 0.25) is 5.91 Å². The summed E-state index contributed by atoms with van der Waals surface area (Å²) in [6.45, 7) is 2.68. The molecule has 2 unspecified atom stereocenters. The molecule has 0 spiro atoms. The summed E-state index contributed by atoms with van der Waals surface area (Å²) >= 11 is 0. The van der Waals surface area contributed by atoms with Crippen LogP contribution < -0.4 is 21.5 Å². The van der Waals surface area contributed by atoms with E-state index in [1.165, 1.54) is 12.1 Å². The van der Waals surface area contributed by atoms with Gasteiger partial charge in [-0.1, -0.05) is 6.07 Å². The first-order chi connectivity index (χ1) is 13.8. The highest BCUT2D eigenvalue weighted by Crippen LogP contribution is 2.28. The molecule has 2 aromatic carbocycles. The van der Waals surface area contributed by atoms with E-state index in [-0.39, 0.29) is 23.9 Å². The molecule has 0 bridgehead atoms. The Bertz CT molecular complexity index is 874. The fraction of sp³-hybridized carbons (Fsp3) is 0.381. The van der Waals surface area contributed by atoms with E-state index in [1.807, 2.05) is 44.1 Å². The van der Waals surface area contributed by atoms with Crippen LogP contribution in [0.1, 0.15) is 30.0 Å². The van der Waals surface area contributed by atoms with Crippen LogP contribution in [0.25, 0.3) is 0 Å². The normalized spacial score (nSPS) is 18.8. The molecule has 1 aliphatic heterocycles. The molecule has 0 aromatic heterocycles. The number of carbonyl (C=O) groups is 1. The van der Waals surface area contributed by atoms with Crippen LogP contribution in [0, 0.1) is 12.7 Å². The molecule has 1 amide bonds. The molecule has 7 nitrogen and oxygen atoms in total. The van der Waals surface area contributed by atoms with Gasteiger partial charge in [0.15, 0.2) is 11.6 Å². The van der Waals surface area contributed by atoms with Crippen LogP contribution in [-0.4, -0.2) is 42.7 Å². The molecule has 1 aliphatic rings. The number of rotatable bonds is 7. The molecular weight excluding hydrogens is 373 g/mol. The van der Waals surface area contributed by atoms with E-state index in [2.05, 4.69) is 21.5 Å². The van der Waals surface area contributed by atoms with E-state index < -0.39 is 5.82 Å². The van der Waals surface area contributed by atoms with Gasteiger partial charge >= 0.3 is 0 Å². The fourth-order valence-corrected chi connectivity index (χ4v) is 3.25. The minimum atomic E-state index is -0.625. The van der Waals surface area contributed by atoms with Crippen LogP contribution in [0.2, 0.25) is 0 Å². The Kier molecular flexibility index (Phi) is 6.68. The second kappa shape index (κ2) is 9.21. The van der Waals surface area contributed by atoms with Crippen LogP contribution in [0.3, 0.4) is 0 Å². The van der Waals surface area contributed by atoms with Crippen LogP contribution >= 0.6 is 0 Å². The molecule has 1 saturated heterocycles. The molecule has 2 atom stereocenters. The van der Waals surface area contributed by atoms with Crippen LogP contribution in [0.15, 0.2) is 36.4 Å². The summed E-state index contributed by atoms with van der Waals surface area (Å²) in [5, 5.41) is 15.7. The molecule has 0 aliphatic carbocycles. The number of phenolic OH excluding ortho intramolecular Hbond substituents is 1. The van der Waals surface area contributed by atoms with Crippen molar-refractivity contribution in [1.82, 2.24) is 15.8 Å². The molecular formula is C21H28FN5O2. The lowest BCUT2D eigenvalue weighted by atomic mass is 10.0. The standard InChI is InChI=1S/C21H28FN5O2/c1-13-10-15(23-21(29)8-9-27(2)3)5-6-17(13)24-20-12-18(25-26-20)14-4-7-19(28)16(22)11-14/h4-7,10-11,18,20,24-26,28H,8-9,12H2,1-3H3,(H,23,29). The largest absolute Gasteiger partial charge is 0.505 e. The van der Waals surface area contributed by atoms with Crippen molar-refractivity contribution in [2.75, 3.05) is 31.3 Å². The average molecular weight is 401 g/mol. The minimum Gasteiger partial charge on any atom is -0.505 e. The average Bonchev–Trinajstić information content (AvgIpc) is 3.13. The minimum absolute atomic E-state index is 0.00978. The third-order valence-electron chi connectivity index (χ3n) is 4.90. The Hall–Kier alpha value is -2.68. The number of amides is 1. The van der Waals surface area contributed by atoms with Crippen molar-refractivity contribution < 1.29 is 14.3 Å². The topological polar surface area (TPSA) is 88.7 Å². The Morgan fingerprint density at radius 2 is 2.03 bits per heavy atom. The van der Waals surface area contributed by atoms with Gasteiger partial charge in [-0.3, -0.25) is 4.79 Å². The number of benzene rings is 2. The second-order valence-electron chi connectivity index (χ2n) is 7.62. The van der Waals surface area contributed by atoms with Crippen LogP contribution in [0.4, 0.5) is 15.8 Å². The number of aryl methyl sites for hydroxylation is 1. The van der Waals surface area contributed by atoms with Gasteiger partial charge in [0, 0.05) is 36.8 Å². The molecule has 3 rings (SSSR count). The molecule has 29 heavy (non-hydrogen) atoms. The van der Waals surface area contributed by atoms with Crippen LogP contribution in [0.5, 0.6) is 5.75 Å². The van der Waals surface area contributed by atoms with Crippen LogP contribution in [-0.2, 0) is 4.79 Å². The number of phenols is 1. The van der Waals surface area contributed by atoms with Crippen molar-refractivity contribution in [3.05, 3.63) is 53.3 Å². The lowest BCUT2D eigenvalue weighted by Gasteiger charge is -2.17. The van der Waals surface area contributed by atoms with E-state index in [0.717, 1.165) is 22.5 Å². The zero-order valence-electron chi connectivity index (χ0n) is 16.9. The van der Waals surface area contributed by atoms with E-state index in [1.54, 1.807) is 6.07 Å². The van der Waals surface area contributed by atoms with Gasteiger partial charge < -0.3 is 20.6 Å². The monoisotopic (exact) mass is 401 g/mol. The first kappa shape index (κ1) is 21.0. The Labute approximate surface area is 170 Å². The third-order valence-corrected chi connectivity index (χ3v) is 4.90. The molecule has 0 radical (unpaired) electrons. The number of nitrogens with one attached hydrogen (secondary N) is 4. The molecule has 2 aromatic rings. The summed E-state index contributed by atoms with van der Waals surface area (Å²) < 4.78 is 13.6. The molecule has 5 N–H and O–H groups in total. The number of hydrogen-bond donors (Lipinski definition) is 5. The number of nitrogens with zero attached hydrogens (tertiary/aromatic N) is 1. The summed E-state index contributed by atoms with van der Waals surface area (Å²) in [6.07, 6.45) is 1.10. The van der Waals surface area contributed by atoms with E-state index in [0.29, 0.717) is 19.4 Å². The summed E-state index contributed by atoms with van der Waals surface area (Å²) in [6, 6.07) is 10.1. The Balaban J connectivity index is 1.56. The predicted molar refractivity (Wildman–Crippen MR) is 112 cm³/mol. The zero-order valence-corrected chi connectivity index (χ0v) is 16.9. The zero-order chi connectivity index (χ0) is 21.0. The Morgan fingerprint density at radius 1 is 1.24 bits per heavy atom.